The molecule has 0 aromatic heterocycles. The molecule has 6 heteroatoms. The molecule has 2 aromatic rings. The van der Waals surface area contributed by atoms with Crippen LogP contribution in [-0.4, -0.2) is 36.4 Å². The van der Waals surface area contributed by atoms with Crippen molar-refractivity contribution < 1.29 is 29.3 Å². The van der Waals surface area contributed by atoms with Gasteiger partial charge in [-0.1, -0.05) is 24.3 Å². The van der Waals surface area contributed by atoms with Gasteiger partial charge in [-0.15, -0.1) is 0 Å². The molecule has 2 aromatic carbocycles. The number of hydrogen-bond acceptors (Lipinski definition) is 4. The van der Waals surface area contributed by atoms with Gasteiger partial charge < -0.3 is 19.7 Å². The third kappa shape index (κ3) is 3.65. The van der Waals surface area contributed by atoms with Crippen LogP contribution in [0.4, 0.5) is 0 Å². The number of aliphatic carboxylic acids is 1. The summed E-state index contributed by atoms with van der Waals surface area (Å²) in [7, 11) is 2.92. The number of ether oxygens (including phenoxy) is 2. The monoisotopic (exact) mass is 330 g/mol. The average molecular weight is 330 g/mol. The highest BCUT2D eigenvalue weighted by Crippen LogP contribution is 2.35. The minimum absolute atomic E-state index is 0.0259. The molecule has 0 saturated heterocycles. The van der Waals surface area contributed by atoms with Gasteiger partial charge in [0, 0.05) is 5.92 Å². The summed E-state index contributed by atoms with van der Waals surface area (Å²) in [6.45, 7) is 0. The van der Waals surface area contributed by atoms with E-state index >= 15 is 0 Å². The second-order valence-electron chi connectivity index (χ2n) is 5.15. The largest absolute Gasteiger partial charge is 0.497 e. The summed E-state index contributed by atoms with van der Waals surface area (Å²) in [5.41, 5.74) is 1.06. The molecule has 0 aliphatic carbocycles. The van der Waals surface area contributed by atoms with Crippen LogP contribution in [0.5, 0.6) is 11.5 Å². The van der Waals surface area contributed by atoms with Crippen molar-refractivity contribution in [3.8, 4) is 11.5 Å². The number of benzene rings is 2. The van der Waals surface area contributed by atoms with Crippen molar-refractivity contribution >= 4 is 11.9 Å². The second kappa shape index (κ2) is 7.50. The van der Waals surface area contributed by atoms with E-state index in [1.165, 1.54) is 14.2 Å². The van der Waals surface area contributed by atoms with Crippen molar-refractivity contribution in [3.63, 3.8) is 0 Å². The van der Waals surface area contributed by atoms with E-state index in [1.54, 1.807) is 42.5 Å². The molecule has 0 radical (unpaired) electrons. The highest BCUT2D eigenvalue weighted by Gasteiger charge is 2.26. The Morgan fingerprint density at radius 1 is 1.00 bits per heavy atom. The van der Waals surface area contributed by atoms with Crippen LogP contribution in [0.25, 0.3) is 0 Å². The predicted molar refractivity (Wildman–Crippen MR) is 87.0 cm³/mol. The van der Waals surface area contributed by atoms with Crippen molar-refractivity contribution in [3.05, 3.63) is 59.2 Å². The highest BCUT2D eigenvalue weighted by molar-refractivity contribution is 5.93. The first-order chi connectivity index (χ1) is 11.5. The summed E-state index contributed by atoms with van der Waals surface area (Å²) in [5, 5.41) is 18.8. The number of carboxylic acids is 2. The topological polar surface area (TPSA) is 93.1 Å². The zero-order valence-electron chi connectivity index (χ0n) is 13.4. The molecule has 2 N–H and O–H groups in total. The Balaban J connectivity index is 2.59. The Hall–Kier alpha value is -3.02. The van der Waals surface area contributed by atoms with Crippen LogP contribution in [0.1, 0.15) is 33.8 Å². The van der Waals surface area contributed by atoms with Crippen molar-refractivity contribution in [2.24, 2.45) is 0 Å². The van der Waals surface area contributed by atoms with E-state index in [-0.39, 0.29) is 17.7 Å². The molecule has 0 bridgehead atoms. The molecule has 0 aliphatic heterocycles. The van der Waals surface area contributed by atoms with Gasteiger partial charge in [-0.2, -0.15) is 0 Å². The van der Waals surface area contributed by atoms with E-state index in [1.807, 2.05) is 0 Å². The molecule has 6 nitrogen and oxygen atoms in total. The summed E-state index contributed by atoms with van der Waals surface area (Å²) in [5.74, 6) is -1.96. The number of carbonyl (C=O) groups is 2. The van der Waals surface area contributed by atoms with Crippen LogP contribution < -0.4 is 9.47 Å². The summed E-state index contributed by atoms with van der Waals surface area (Å²) >= 11 is 0. The van der Waals surface area contributed by atoms with Gasteiger partial charge in [-0.3, -0.25) is 4.79 Å². The van der Waals surface area contributed by atoms with Crippen LogP contribution in [0.3, 0.4) is 0 Å². The van der Waals surface area contributed by atoms with Gasteiger partial charge in [0.05, 0.1) is 20.6 Å². The quantitative estimate of drug-likeness (QED) is 0.810. The highest BCUT2D eigenvalue weighted by atomic mass is 16.5. The molecule has 24 heavy (non-hydrogen) atoms. The molecule has 0 fully saturated rings. The maximum Gasteiger partial charge on any atom is 0.339 e. The molecular weight excluding hydrogens is 312 g/mol. The Kier molecular flexibility index (Phi) is 5.42. The van der Waals surface area contributed by atoms with Gasteiger partial charge in [0.15, 0.2) is 0 Å². The molecular formula is C18H18O6. The summed E-state index contributed by atoms with van der Waals surface area (Å²) in [4.78, 5) is 23.0. The molecule has 0 heterocycles. The van der Waals surface area contributed by atoms with E-state index in [0.717, 1.165) is 0 Å². The molecule has 0 spiro atoms. The van der Waals surface area contributed by atoms with E-state index in [0.29, 0.717) is 16.9 Å². The fourth-order valence-electron chi connectivity index (χ4n) is 2.66. The van der Waals surface area contributed by atoms with E-state index in [9.17, 15) is 19.8 Å². The average Bonchev–Trinajstić information content (AvgIpc) is 2.58. The number of carboxylic acid groups (broad SMARTS) is 2. The molecule has 1 unspecified atom stereocenters. The van der Waals surface area contributed by atoms with Crippen molar-refractivity contribution in [1.29, 1.82) is 0 Å². The lowest BCUT2D eigenvalue weighted by Crippen LogP contribution is -2.13. The minimum atomic E-state index is -1.16. The van der Waals surface area contributed by atoms with Gasteiger partial charge in [0.1, 0.15) is 17.1 Å². The Morgan fingerprint density at radius 2 is 1.67 bits per heavy atom. The predicted octanol–water partition coefficient (Wildman–Crippen LogP) is 3.01. The fraction of sp³-hybridized carbons (Fsp3) is 0.222. The summed E-state index contributed by atoms with van der Waals surface area (Å²) in [6, 6.07) is 11.7. The maximum absolute atomic E-state index is 11.7. The number of methoxy groups -OCH3 is 2. The maximum atomic E-state index is 11.7. The zero-order valence-corrected chi connectivity index (χ0v) is 13.4. The first kappa shape index (κ1) is 17.3. The summed E-state index contributed by atoms with van der Waals surface area (Å²) in [6.07, 6.45) is -0.236. The lowest BCUT2D eigenvalue weighted by molar-refractivity contribution is -0.137. The third-order valence-electron chi connectivity index (χ3n) is 3.76. The standard InChI is InChI=1S/C18H18O6/c1-23-12-8-6-11(7-9-12)14(10-16(19)20)13-4-3-5-15(24-2)17(13)18(21)22/h3-9,14H,10H2,1-2H3,(H,19,20)(H,21,22). The first-order valence-electron chi connectivity index (χ1n) is 7.23. The molecule has 1 atom stereocenters. The smallest absolute Gasteiger partial charge is 0.339 e. The van der Waals surface area contributed by atoms with Crippen molar-refractivity contribution in [1.82, 2.24) is 0 Å². The van der Waals surface area contributed by atoms with Crippen LogP contribution in [0, 0.1) is 0 Å². The number of aromatic carboxylic acids is 1. The van der Waals surface area contributed by atoms with Gasteiger partial charge in [-0.05, 0) is 29.3 Å². The lowest BCUT2D eigenvalue weighted by atomic mass is 9.85. The molecule has 126 valence electrons. The zero-order chi connectivity index (χ0) is 17.7. The number of hydrogen-bond donors (Lipinski definition) is 2. The number of rotatable bonds is 7. The first-order valence-corrected chi connectivity index (χ1v) is 7.23. The normalized spacial score (nSPS) is 11.6. The van der Waals surface area contributed by atoms with Crippen LogP contribution in [0.2, 0.25) is 0 Å². The third-order valence-corrected chi connectivity index (χ3v) is 3.76. The van der Waals surface area contributed by atoms with E-state index in [2.05, 4.69) is 0 Å². The molecule has 0 amide bonds. The minimum Gasteiger partial charge on any atom is -0.497 e. The lowest BCUT2D eigenvalue weighted by Gasteiger charge is -2.20. The van der Waals surface area contributed by atoms with Gasteiger partial charge in [0.2, 0.25) is 0 Å². The van der Waals surface area contributed by atoms with E-state index < -0.39 is 17.9 Å². The van der Waals surface area contributed by atoms with Crippen LogP contribution in [0.15, 0.2) is 42.5 Å². The fourth-order valence-corrected chi connectivity index (χ4v) is 2.66. The van der Waals surface area contributed by atoms with Crippen LogP contribution >= 0.6 is 0 Å². The van der Waals surface area contributed by atoms with Gasteiger partial charge >= 0.3 is 11.9 Å². The van der Waals surface area contributed by atoms with Gasteiger partial charge in [0.25, 0.3) is 0 Å². The molecule has 2 rings (SSSR count). The summed E-state index contributed by atoms with van der Waals surface area (Å²) < 4.78 is 10.2. The van der Waals surface area contributed by atoms with Gasteiger partial charge in [-0.25, -0.2) is 4.79 Å². The van der Waals surface area contributed by atoms with Crippen LogP contribution in [-0.2, 0) is 4.79 Å². The Labute approximate surface area is 139 Å². The Bertz CT molecular complexity index is 736. The SMILES string of the molecule is COc1ccc(C(CC(=O)O)c2cccc(OC)c2C(=O)O)cc1. The molecule has 0 saturated carbocycles. The van der Waals surface area contributed by atoms with E-state index in [4.69, 9.17) is 9.47 Å². The Morgan fingerprint density at radius 3 is 2.17 bits per heavy atom. The second-order valence-corrected chi connectivity index (χ2v) is 5.15. The molecule has 0 aliphatic rings. The van der Waals surface area contributed by atoms with Crippen molar-refractivity contribution in [2.75, 3.05) is 14.2 Å². The van der Waals surface area contributed by atoms with Crippen molar-refractivity contribution in [2.45, 2.75) is 12.3 Å².